The average molecular weight is 518 g/mol. The Morgan fingerprint density at radius 1 is 0.974 bits per heavy atom. The molecular weight excluding hydrogens is 486 g/mol. The van der Waals surface area contributed by atoms with Gasteiger partial charge in [0.1, 0.15) is 11.4 Å². The molecule has 38 heavy (non-hydrogen) atoms. The maximum Gasteiger partial charge on any atom is 0.410 e. The van der Waals surface area contributed by atoms with E-state index >= 15 is 0 Å². The Kier molecular flexibility index (Phi) is 5.54. The summed E-state index contributed by atoms with van der Waals surface area (Å²) >= 11 is 0. The summed E-state index contributed by atoms with van der Waals surface area (Å²) < 4.78 is 17.2. The van der Waals surface area contributed by atoms with Crippen molar-refractivity contribution in [2.24, 2.45) is 0 Å². The van der Waals surface area contributed by atoms with Crippen LogP contribution < -0.4 is 9.47 Å². The van der Waals surface area contributed by atoms with E-state index in [2.05, 4.69) is 9.88 Å². The monoisotopic (exact) mass is 517 g/mol. The molecule has 6 rings (SSSR count). The third-order valence-electron chi connectivity index (χ3n) is 7.75. The van der Waals surface area contributed by atoms with Crippen molar-refractivity contribution in [2.75, 3.05) is 27.3 Å². The van der Waals surface area contributed by atoms with E-state index in [1.807, 2.05) is 31.9 Å². The topological polar surface area (TPSA) is 101 Å². The number of nitrogens with one attached hydrogen (secondary N) is 1. The van der Waals surface area contributed by atoms with Crippen LogP contribution in [0.15, 0.2) is 30.5 Å². The van der Waals surface area contributed by atoms with Gasteiger partial charge in [0.05, 0.1) is 36.2 Å². The summed E-state index contributed by atoms with van der Waals surface area (Å²) in [5, 5.41) is 0.732. The molecule has 0 spiro atoms. The van der Waals surface area contributed by atoms with Crippen molar-refractivity contribution in [1.82, 2.24) is 14.8 Å². The molecule has 0 unspecified atom stereocenters. The van der Waals surface area contributed by atoms with Crippen molar-refractivity contribution in [2.45, 2.75) is 51.4 Å². The first-order chi connectivity index (χ1) is 18.1. The predicted octanol–water partition coefficient (Wildman–Crippen LogP) is 4.15. The summed E-state index contributed by atoms with van der Waals surface area (Å²) in [6.07, 6.45) is 2.51. The summed E-state index contributed by atoms with van der Waals surface area (Å²) in [5.74, 6) is 0.198. The number of carbonyl (C=O) groups excluding carboxylic acids is 3. The Balaban J connectivity index is 1.36. The first-order valence-corrected chi connectivity index (χ1v) is 12.8. The molecule has 2 saturated heterocycles. The normalized spacial score (nSPS) is 20.6. The van der Waals surface area contributed by atoms with Crippen LogP contribution in [0, 0.1) is 0 Å². The molecule has 1 aromatic heterocycles. The van der Waals surface area contributed by atoms with Gasteiger partial charge in [0, 0.05) is 49.0 Å². The average Bonchev–Trinajstić information content (AvgIpc) is 3.60. The van der Waals surface area contributed by atoms with E-state index in [-0.39, 0.29) is 40.9 Å². The van der Waals surface area contributed by atoms with Gasteiger partial charge in [-0.05, 0) is 32.8 Å². The number of piperazine rings is 1. The number of amides is 1. The number of fused-ring (bicyclic) bond motifs is 5. The maximum atomic E-state index is 13.7. The van der Waals surface area contributed by atoms with E-state index in [0.717, 1.165) is 23.9 Å². The van der Waals surface area contributed by atoms with Gasteiger partial charge in [-0.15, -0.1) is 0 Å². The molecule has 1 N–H and O–H groups in total. The summed E-state index contributed by atoms with van der Waals surface area (Å²) in [6.45, 7) is 7.56. The summed E-state index contributed by atoms with van der Waals surface area (Å²) in [7, 11) is 3.03. The van der Waals surface area contributed by atoms with E-state index in [1.54, 1.807) is 24.3 Å². The van der Waals surface area contributed by atoms with Crippen LogP contribution in [0.4, 0.5) is 4.79 Å². The zero-order chi connectivity index (χ0) is 26.9. The number of ether oxygens (including phenoxy) is 3. The second kappa shape index (κ2) is 8.59. The molecule has 0 radical (unpaired) electrons. The molecule has 3 aliphatic rings. The second-order valence-electron chi connectivity index (χ2n) is 11.2. The fourth-order valence-electron chi connectivity index (χ4n) is 6.20. The van der Waals surface area contributed by atoms with Gasteiger partial charge in [-0.2, -0.15) is 0 Å². The van der Waals surface area contributed by atoms with Crippen molar-refractivity contribution >= 4 is 28.6 Å². The van der Waals surface area contributed by atoms with Gasteiger partial charge in [-0.1, -0.05) is 24.3 Å². The quantitative estimate of drug-likeness (QED) is 0.434. The number of ketones is 2. The molecule has 2 fully saturated rings. The summed E-state index contributed by atoms with van der Waals surface area (Å²) in [4.78, 5) is 47.3. The second-order valence-corrected chi connectivity index (χ2v) is 11.2. The van der Waals surface area contributed by atoms with Gasteiger partial charge >= 0.3 is 6.09 Å². The highest BCUT2D eigenvalue weighted by Gasteiger charge is 2.47. The molecule has 2 atom stereocenters. The van der Waals surface area contributed by atoms with Crippen molar-refractivity contribution in [3.05, 3.63) is 58.3 Å². The zero-order valence-electron chi connectivity index (χ0n) is 22.2. The third kappa shape index (κ3) is 3.60. The molecule has 2 aliphatic heterocycles. The zero-order valence-corrected chi connectivity index (χ0v) is 22.2. The van der Waals surface area contributed by atoms with Gasteiger partial charge in [0.25, 0.3) is 0 Å². The number of carbonyl (C=O) groups is 3. The highest BCUT2D eigenvalue weighted by molar-refractivity contribution is 6.32. The molecule has 9 nitrogen and oxygen atoms in total. The van der Waals surface area contributed by atoms with Crippen molar-refractivity contribution in [1.29, 1.82) is 0 Å². The van der Waals surface area contributed by atoms with E-state index < -0.39 is 5.60 Å². The van der Waals surface area contributed by atoms with E-state index in [4.69, 9.17) is 14.2 Å². The van der Waals surface area contributed by atoms with Gasteiger partial charge in [-0.25, -0.2) is 4.79 Å². The number of methoxy groups -OCH3 is 2. The number of nitrogens with zero attached hydrogens (tertiary/aromatic N) is 2. The predicted molar refractivity (Wildman–Crippen MR) is 140 cm³/mol. The number of benzene rings is 2. The number of aromatic amines is 1. The van der Waals surface area contributed by atoms with E-state index in [1.165, 1.54) is 14.2 Å². The summed E-state index contributed by atoms with van der Waals surface area (Å²) in [6, 6.07) is 7.14. The van der Waals surface area contributed by atoms with Gasteiger partial charge in [0.2, 0.25) is 0 Å². The lowest BCUT2D eigenvalue weighted by atomic mass is 9.82. The van der Waals surface area contributed by atoms with Crippen LogP contribution in [0.25, 0.3) is 10.9 Å². The van der Waals surface area contributed by atoms with Crippen molar-refractivity contribution in [3.8, 4) is 11.5 Å². The van der Waals surface area contributed by atoms with Crippen molar-refractivity contribution < 1.29 is 28.6 Å². The SMILES string of the molecule is COc1c2c(c(OC)c3c(CN4C[C@@H]5C[C@H]4CN5C(=O)OC(C)(C)C)c[nH]c13)C(=O)c1ccccc1C2=O. The first kappa shape index (κ1) is 24.5. The minimum absolute atomic E-state index is 0.0972. The first-order valence-electron chi connectivity index (χ1n) is 12.8. The van der Waals surface area contributed by atoms with Crippen LogP contribution in [-0.2, 0) is 11.3 Å². The van der Waals surface area contributed by atoms with Crippen LogP contribution in [0.1, 0.15) is 64.6 Å². The molecule has 1 amide bonds. The minimum atomic E-state index is -0.531. The Bertz CT molecular complexity index is 1500. The maximum absolute atomic E-state index is 13.7. The molecule has 198 valence electrons. The molecule has 3 aromatic rings. The fourth-order valence-corrected chi connectivity index (χ4v) is 6.20. The molecule has 0 saturated carbocycles. The highest BCUT2D eigenvalue weighted by atomic mass is 16.6. The third-order valence-corrected chi connectivity index (χ3v) is 7.75. The smallest absolute Gasteiger partial charge is 0.410 e. The molecular formula is C29H31N3O6. The molecule has 2 bridgehead atoms. The molecule has 3 heterocycles. The van der Waals surface area contributed by atoms with Crippen LogP contribution in [-0.4, -0.2) is 77.4 Å². The molecule has 1 aliphatic carbocycles. The van der Waals surface area contributed by atoms with Gasteiger partial charge in [0.15, 0.2) is 17.3 Å². The molecule has 9 heteroatoms. The highest BCUT2D eigenvalue weighted by Crippen LogP contribution is 2.46. The van der Waals surface area contributed by atoms with Crippen LogP contribution in [0.3, 0.4) is 0 Å². The van der Waals surface area contributed by atoms with Gasteiger partial charge < -0.3 is 24.1 Å². The number of likely N-dealkylation sites (tertiary alicyclic amines) is 2. The van der Waals surface area contributed by atoms with Crippen LogP contribution in [0.5, 0.6) is 11.5 Å². The van der Waals surface area contributed by atoms with Gasteiger partial charge in [-0.3, -0.25) is 14.5 Å². The Morgan fingerprint density at radius 3 is 2.16 bits per heavy atom. The van der Waals surface area contributed by atoms with E-state index in [0.29, 0.717) is 41.2 Å². The van der Waals surface area contributed by atoms with Crippen LogP contribution in [0.2, 0.25) is 0 Å². The van der Waals surface area contributed by atoms with Crippen molar-refractivity contribution in [3.63, 3.8) is 0 Å². The van der Waals surface area contributed by atoms with Crippen LogP contribution >= 0.6 is 0 Å². The lowest BCUT2D eigenvalue weighted by Crippen LogP contribution is -2.49. The number of H-pyrrole nitrogens is 1. The van der Waals surface area contributed by atoms with E-state index in [9.17, 15) is 14.4 Å². The Labute approximate surface area is 220 Å². The molecule has 2 aromatic carbocycles. The minimum Gasteiger partial charge on any atom is -0.495 e. The largest absolute Gasteiger partial charge is 0.495 e. The summed E-state index contributed by atoms with van der Waals surface area (Å²) in [5.41, 5.74) is 2.21. The number of hydrogen-bond acceptors (Lipinski definition) is 7. The lowest BCUT2D eigenvalue weighted by Gasteiger charge is -2.35. The fraction of sp³-hybridized carbons (Fsp3) is 0.414. The number of rotatable bonds is 4. The standard InChI is InChI=1S/C29H31N3O6/c1-29(2,3)38-28(35)32-14-16-10-17(32)13-31(16)12-15-11-30-23-20(15)26(36-4)21-22(27(23)37-5)25(34)19-9-7-6-8-18(19)24(21)33/h6-9,11,16-17,30H,10,12-14H2,1-5H3/t16-,17-/m0/s1. The Hall–Kier alpha value is -3.85. The number of aromatic nitrogens is 1. The Morgan fingerprint density at radius 2 is 1.61 bits per heavy atom. The number of hydrogen-bond donors (Lipinski definition) is 1. The lowest BCUT2D eigenvalue weighted by molar-refractivity contribution is 0.0124.